The van der Waals surface area contributed by atoms with Gasteiger partial charge in [-0.1, -0.05) is 20.8 Å². The number of hydrogen-bond donors (Lipinski definition) is 1. The van der Waals surface area contributed by atoms with Crippen LogP contribution in [0.3, 0.4) is 0 Å². The molecule has 0 fully saturated rings. The van der Waals surface area contributed by atoms with Crippen LogP contribution in [0.1, 0.15) is 38.7 Å². The lowest BCUT2D eigenvalue weighted by Crippen LogP contribution is -2.16. The fraction of sp³-hybridized carbons (Fsp3) is 0.750. The summed E-state index contributed by atoms with van der Waals surface area (Å²) in [5, 5.41) is 3.17. The van der Waals surface area contributed by atoms with E-state index in [1.165, 1.54) is 12.1 Å². The smallest absolute Gasteiger partial charge is 0.105 e. The van der Waals surface area contributed by atoms with Crippen LogP contribution in [0.4, 0.5) is 0 Å². The number of nitrogens with zero attached hydrogens (tertiary/aromatic N) is 2. The first-order chi connectivity index (χ1) is 6.94. The number of imidazole rings is 1. The Bertz CT molecular complexity index is 307. The van der Waals surface area contributed by atoms with Gasteiger partial charge in [0.05, 0.1) is 5.69 Å². The van der Waals surface area contributed by atoms with Crippen LogP contribution >= 0.6 is 0 Å². The summed E-state index contributed by atoms with van der Waals surface area (Å²) in [7, 11) is 1.97. The molecule has 0 amide bonds. The lowest BCUT2D eigenvalue weighted by atomic mass is 9.92. The summed E-state index contributed by atoms with van der Waals surface area (Å²) >= 11 is 0. The van der Waals surface area contributed by atoms with Gasteiger partial charge < -0.3 is 9.88 Å². The number of aromatic nitrogens is 2. The molecule has 0 saturated carbocycles. The zero-order valence-corrected chi connectivity index (χ0v) is 10.6. The Morgan fingerprint density at radius 2 is 2.07 bits per heavy atom. The van der Waals surface area contributed by atoms with Gasteiger partial charge in [-0.05, 0) is 25.8 Å². The van der Waals surface area contributed by atoms with E-state index in [-0.39, 0.29) is 0 Å². The van der Waals surface area contributed by atoms with Crippen LogP contribution in [-0.2, 0) is 13.1 Å². The first kappa shape index (κ1) is 12.2. The van der Waals surface area contributed by atoms with Crippen LogP contribution in [0.15, 0.2) is 6.20 Å². The highest BCUT2D eigenvalue weighted by molar-refractivity contribution is 5.04. The van der Waals surface area contributed by atoms with Crippen molar-refractivity contribution in [2.24, 2.45) is 5.41 Å². The van der Waals surface area contributed by atoms with Crippen molar-refractivity contribution in [3.8, 4) is 0 Å². The van der Waals surface area contributed by atoms with Gasteiger partial charge in [0.2, 0.25) is 0 Å². The molecule has 0 bridgehead atoms. The standard InChI is InChI=1S/C12H23N3/c1-10-14-9-11(8-13-5)15(10)7-6-12(2,3)4/h9,13H,6-8H2,1-5H3. The van der Waals surface area contributed by atoms with Gasteiger partial charge in [-0.25, -0.2) is 4.98 Å². The van der Waals surface area contributed by atoms with Crippen LogP contribution in [0.2, 0.25) is 0 Å². The lowest BCUT2D eigenvalue weighted by molar-refractivity contribution is 0.345. The van der Waals surface area contributed by atoms with Gasteiger partial charge in [-0.2, -0.15) is 0 Å². The SMILES string of the molecule is CNCc1cnc(C)n1CCC(C)(C)C. The van der Waals surface area contributed by atoms with Crippen LogP contribution < -0.4 is 5.32 Å². The van der Waals surface area contributed by atoms with E-state index in [1.807, 2.05) is 13.2 Å². The highest BCUT2D eigenvalue weighted by Crippen LogP contribution is 2.20. The summed E-state index contributed by atoms with van der Waals surface area (Å²) in [6.07, 6.45) is 3.15. The average molecular weight is 209 g/mol. The molecular formula is C12H23N3. The van der Waals surface area contributed by atoms with E-state index in [0.29, 0.717) is 5.41 Å². The fourth-order valence-corrected chi connectivity index (χ4v) is 1.59. The zero-order chi connectivity index (χ0) is 11.5. The lowest BCUT2D eigenvalue weighted by Gasteiger charge is -2.20. The summed E-state index contributed by atoms with van der Waals surface area (Å²) in [5.74, 6) is 1.12. The second-order valence-corrected chi connectivity index (χ2v) is 5.29. The van der Waals surface area contributed by atoms with Crippen LogP contribution in [0.5, 0.6) is 0 Å². The molecule has 0 aliphatic heterocycles. The van der Waals surface area contributed by atoms with Crippen molar-refractivity contribution in [1.29, 1.82) is 0 Å². The van der Waals surface area contributed by atoms with E-state index in [4.69, 9.17) is 0 Å². The number of hydrogen-bond acceptors (Lipinski definition) is 2. The third kappa shape index (κ3) is 3.67. The molecule has 1 heterocycles. The maximum absolute atomic E-state index is 4.36. The predicted octanol–water partition coefficient (Wildman–Crippen LogP) is 2.35. The summed E-state index contributed by atoms with van der Waals surface area (Å²) in [6, 6.07) is 0. The minimum absolute atomic E-state index is 0.383. The molecule has 0 spiro atoms. The Morgan fingerprint density at radius 1 is 1.40 bits per heavy atom. The molecule has 1 aromatic rings. The molecule has 0 aliphatic carbocycles. The van der Waals surface area contributed by atoms with Gasteiger partial charge in [0.15, 0.2) is 0 Å². The van der Waals surface area contributed by atoms with Gasteiger partial charge in [-0.15, -0.1) is 0 Å². The molecule has 0 aliphatic rings. The van der Waals surface area contributed by atoms with Crippen molar-refractivity contribution in [3.05, 3.63) is 17.7 Å². The van der Waals surface area contributed by atoms with Crippen molar-refractivity contribution >= 4 is 0 Å². The van der Waals surface area contributed by atoms with Crippen molar-refractivity contribution in [2.75, 3.05) is 7.05 Å². The van der Waals surface area contributed by atoms with Crippen molar-refractivity contribution in [2.45, 2.75) is 47.2 Å². The molecular weight excluding hydrogens is 186 g/mol. The van der Waals surface area contributed by atoms with E-state index in [9.17, 15) is 0 Å². The highest BCUT2D eigenvalue weighted by atomic mass is 15.1. The van der Waals surface area contributed by atoms with Gasteiger partial charge in [0, 0.05) is 19.3 Å². The average Bonchev–Trinajstić information content (AvgIpc) is 2.44. The van der Waals surface area contributed by atoms with Crippen LogP contribution in [0, 0.1) is 12.3 Å². The van der Waals surface area contributed by atoms with Crippen molar-refractivity contribution in [1.82, 2.24) is 14.9 Å². The number of rotatable bonds is 4. The minimum atomic E-state index is 0.383. The Kier molecular flexibility index (Phi) is 3.91. The minimum Gasteiger partial charge on any atom is -0.331 e. The Labute approximate surface area is 92.9 Å². The molecule has 86 valence electrons. The molecule has 3 heteroatoms. The zero-order valence-electron chi connectivity index (χ0n) is 10.6. The molecule has 0 aromatic carbocycles. The summed E-state index contributed by atoms with van der Waals surface area (Å²) in [4.78, 5) is 4.36. The van der Waals surface area contributed by atoms with Gasteiger partial charge in [0.1, 0.15) is 5.82 Å². The molecule has 0 atom stereocenters. The monoisotopic (exact) mass is 209 g/mol. The molecule has 15 heavy (non-hydrogen) atoms. The first-order valence-corrected chi connectivity index (χ1v) is 5.59. The van der Waals surface area contributed by atoms with E-state index in [0.717, 1.165) is 18.9 Å². The number of nitrogens with one attached hydrogen (secondary N) is 1. The van der Waals surface area contributed by atoms with Gasteiger partial charge >= 0.3 is 0 Å². The predicted molar refractivity (Wildman–Crippen MR) is 63.8 cm³/mol. The van der Waals surface area contributed by atoms with Crippen LogP contribution in [0.25, 0.3) is 0 Å². The molecule has 0 radical (unpaired) electrons. The van der Waals surface area contributed by atoms with Crippen molar-refractivity contribution < 1.29 is 0 Å². The van der Waals surface area contributed by atoms with Gasteiger partial charge in [-0.3, -0.25) is 0 Å². The molecule has 1 N–H and O–H groups in total. The first-order valence-electron chi connectivity index (χ1n) is 5.59. The van der Waals surface area contributed by atoms with E-state index in [1.54, 1.807) is 0 Å². The maximum Gasteiger partial charge on any atom is 0.105 e. The maximum atomic E-state index is 4.36. The highest BCUT2D eigenvalue weighted by Gasteiger charge is 2.12. The van der Waals surface area contributed by atoms with E-state index >= 15 is 0 Å². The van der Waals surface area contributed by atoms with E-state index in [2.05, 4.69) is 42.6 Å². The Hall–Kier alpha value is -0.830. The Balaban J connectivity index is 2.70. The topological polar surface area (TPSA) is 29.9 Å². The normalized spacial score (nSPS) is 12.1. The quantitative estimate of drug-likeness (QED) is 0.825. The molecule has 0 saturated heterocycles. The molecule has 0 unspecified atom stereocenters. The van der Waals surface area contributed by atoms with Crippen molar-refractivity contribution in [3.63, 3.8) is 0 Å². The molecule has 1 aromatic heterocycles. The molecule has 3 nitrogen and oxygen atoms in total. The second-order valence-electron chi connectivity index (χ2n) is 5.29. The van der Waals surface area contributed by atoms with E-state index < -0.39 is 0 Å². The largest absolute Gasteiger partial charge is 0.331 e. The van der Waals surface area contributed by atoms with Crippen LogP contribution in [-0.4, -0.2) is 16.6 Å². The Morgan fingerprint density at radius 3 is 2.60 bits per heavy atom. The third-order valence-corrected chi connectivity index (χ3v) is 2.58. The second kappa shape index (κ2) is 4.79. The third-order valence-electron chi connectivity index (χ3n) is 2.58. The molecule has 1 rings (SSSR count). The number of aryl methyl sites for hydroxylation is 1. The fourth-order valence-electron chi connectivity index (χ4n) is 1.59. The summed E-state index contributed by atoms with van der Waals surface area (Å²) in [6.45, 7) is 10.9. The summed E-state index contributed by atoms with van der Waals surface area (Å²) in [5.41, 5.74) is 1.66. The summed E-state index contributed by atoms with van der Waals surface area (Å²) < 4.78 is 2.31. The van der Waals surface area contributed by atoms with Gasteiger partial charge in [0.25, 0.3) is 0 Å².